The van der Waals surface area contributed by atoms with Crippen molar-refractivity contribution in [2.24, 2.45) is 0 Å². The Balaban J connectivity index is 0.000000518. The number of carboxylic acids is 3. The van der Waals surface area contributed by atoms with E-state index in [2.05, 4.69) is 0 Å². The second kappa shape index (κ2) is 13.0. The molecule has 0 aliphatic heterocycles. The Morgan fingerprint density at radius 2 is 0.568 bits per heavy atom. The van der Waals surface area contributed by atoms with Crippen molar-refractivity contribution in [2.75, 3.05) is 0 Å². The van der Waals surface area contributed by atoms with Crippen molar-refractivity contribution in [1.29, 1.82) is 0 Å². The number of carboxylic acid groups (broad SMARTS) is 3. The van der Waals surface area contributed by atoms with Gasteiger partial charge in [-0.3, -0.25) is 0 Å². The van der Waals surface area contributed by atoms with E-state index in [9.17, 15) is 29.7 Å². The molecule has 0 atom stereocenters. The third-order valence-corrected chi connectivity index (χ3v) is 3.89. The first-order valence-corrected chi connectivity index (χ1v) is 8.95. The topological polar surface area (TPSA) is 302 Å². The summed E-state index contributed by atoms with van der Waals surface area (Å²) in [6.45, 7) is 0. The molecular weight excluding hydrogens is 544 g/mol. The number of aromatic carboxylic acids is 3. The van der Waals surface area contributed by atoms with Gasteiger partial charge in [-0.15, -0.1) is 0 Å². The van der Waals surface area contributed by atoms with Crippen LogP contribution in [0.25, 0.3) is 0 Å². The molecule has 0 aliphatic rings. The summed E-state index contributed by atoms with van der Waals surface area (Å²) >= 11 is 0. The zero-order chi connectivity index (χ0) is 27.9. The van der Waals surface area contributed by atoms with Crippen molar-refractivity contribution in [3.8, 4) is 51.7 Å². The van der Waals surface area contributed by atoms with Crippen LogP contribution in [0.3, 0.4) is 0 Å². The summed E-state index contributed by atoms with van der Waals surface area (Å²) in [5.74, 6) is -11.5. The van der Waals surface area contributed by atoms with Crippen molar-refractivity contribution in [3.63, 3.8) is 0 Å². The first kappa shape index (κ1) is 31.8. The molecule has 3 aromatic rings. The smallest absolute Gasteiger partial charge is 0.867 e. The van der Waals surface area contributed by atoms with Crippen LogP contribution in [-0.4, -0.2) is 63.9 Å². The van der Waals surface area contributed by atoms with Gasteiger partial charge < -0.3 is 61.3 Å². The van der Waals surface area contributed by atoms with Gasteiger partial charge in [0.25, 0.3) is 0 Å². The normalized spacial score (nSPS) is 9.41. The number of hydrogen-bond donors (Lipinski definition) is 9. The summed E-state index contributed by atoms with van der Waals surface area (Å²) in [5.41, 5.74) is -0.987. The number of aromatic hydroxyl groups is 6. The summed E-state index contributed by atoms with van der Waals surface area (Å²) < 4.78 is 0. The van der Waals surface area contributed by atoms with Gasteiger partial charge in [-0.2, -0.15) is 0 Å². The monoisotopic (exact) mass is 559 g/mol. The van der Waals surface area contributed by atoms with E-state index in [1.54, 1.807) is 0 Å². The molecule has 0 unspecified atom stereocenters. The number of rotatable bonds is 3. The van der Waals surface area contributed by atoms with Crippen LogP contribution < -0.4 is 15.3 Å². The van der Waals surface area contributed by atoms with Crippen LogP contribution in [0.1, 0.15) is 31.1 Å². The Bertz CT molecular complexity index is 1090. The van der Waals surface area contributed by atoms with E-state index in [-0.39, 0.29) is 34.1 Å². The summed E-state index contributed by atoms with van der Waals surface area (Å²) in [4.78, 5) is 30.9. The second-order valence-electron chi connectivity index (χ2n) is 6.45. The Kier molecular flexibility index (Phi) is 11.2. The summed E-state index contributed by atoms with van der Waals surface area (Å²) in [6.07, 6.45) is 0. The van der Waals surface area contributed by atoms with Crippen LogP contribution in [-0.2, 0) is 17.4 Å². The van der Waals surface area contributed by atoms with Gasteiger partial charge in [0.2, 0.25) is 0 Å². The van der Waals surface area contributed by atoms with Crippen molar-refractivity contribution < 1.29 is 93.0 Å². The van der Waals surface area contributed by atoms with E-state index in [0.717, 1.165) is 36.4 Å². The Morgan fingerprint density at radius 3 is 0.676 bits per heavy atom. The van der Waals surface area contributed by atoms with Crippen molar-refractivity contribution >= 4 is 17.9 Å². The molecule has 0 saturated carbocycles. The maximum atomic E-state index is 10.7. The average molecular weight is 559 g/mol. The number of hydrogen-bond acceptors (Lipinski definition) is 12. The molecule has 9 N–H and O–H groups in total. The average Bonchev–Trinajstić information content (AvgIpc) is 2.79. The van der Waals surface area contributed by atoms with Crippen LogP contribution in [0.2, 0.25) is 0 Å². The van der Waals surface area contributed by atoms with Crippen molar-refractivity contribution in [1.82, 2.24) is 0 Å². The van der Waals surface area contributed by atoms with Crippen LogP contribution in [0.4, 0.5) is 0 Å². The quantitative estimate of drug-likeness (QED) is 0.197. The first-order valence-electron chi connectivity index (χ1n) is 8.95. The van der Waals surface area contributed by atoms with Crippen molar-refractivity contribution in [2.45, 2.75) is 0 Å². The zero-order valence-electron chi connectivity index (χ0n) is 17.8. The van der Waals surface area contributed by atoms with Gasteiger partial charge in [-0.25, -0.2) is 14.4 Å². The molecular formula is C21H15CrO15. The first-order chi connectivity index (χ1) is 16.6. The molecule has 0 saturated heterocycles. The maximum Gasteiger partial charge on any atom is 3.00 e. The molecule has 37 heavy (non-hydrogen) atoms. The summed E-state index contributed by atoms with van der Waals surface area (Å²) in [5, 5.41) is 110. The van der Waals surface area contributed by atoms with Crippen molar-refractivity contribution in [3.05, 3.63) is 53.1 Å². The molecule has 0 aromatic heterocycles. The van der Waals surface area contributed by atoms with E-state index >= 15 is 0 Å². The molecule has 0 spiro atoms. The largest absolute Gasteiger partial charge is 3.00 e. The maximum absolute atomic E-state index is 10.7. The molecule has 3 aromatic carbocycles. The van der Waals surface area contributed by atoms with Gasteiger partial charge in [0, 0.05) is 0 Å². The Morgan fingerprint density at radius 1 is 0.432 bits per heavy atom. The van der Waals surface area contributed by atoms with Crippen LogP contribution in [0.15, 0.2) is 36.4 Å². The number of benzene rings is 3. The molecule has 0 amide bonds. The van der Waals surface area contributed by atoms with Gasteiger partial charge in [-0.1, -0.05) is 0 Å². The molecule has 0 heterocycles. The van der Waals surface area contributed by atoms with Gasteiger partial charge in [0.05, 0.1) is 16.7 Å². The van der Waals surface area contributed by atoms with Crippen LogP contribution in [0.5, 0.6) is 51.7 Å². The molecule has 0 bridgehead atoms. The third-order valence-electron chi connectivity index (χ3n) is 3.89. The fraction of sp³-hybridized carbons (Fsp3) is 0. The minimum absolute atomic E-state index is 0. The van der Waals surface area contributed by atoms with E-state index < -0.39 is 69.7 Å². The van der Waals surface area contributed by atoms with Crippen LogP contribution >= 0.6 is 0 Å². The van der Waals surface area contributed by atoms with Gasteiger partial charge in [0.15, 0.2) is 0 Å². The van der Waals surface area contributed by atoms with Gasteiger partial charge in [0.1, 0.15) is 34.5 Å². The van der Waals surface area contributed by atoms with Crippen LogP contribution in [0, 0.1) is 0 Å². The van der Waals surface area contributed by atoms with E-state index in [0.29, 0.717) is 0 Å². The standard InChI is InChI=1S/3C7H6O5.Cr/c3*8-4-1-3(7(11)12)2-5(9)6(4)10;/h3*1-2,8-10H,(H,11,12);/q;;;+3/p-3. The summed E-state index contributed by atoms with van der Waals surface area (Å²) in [6, 6.07) is 4.69. The Hall–Kier alpha value is -5.20. The van der Waals surface area contributed by atoms with E-state index in [4.69, 9.17) is 46.0 Å². The minimum atomic E-state index is -1.32. The molecule has 1 radical (unpaired) electrons. The Labute approximate surface area is 216 Å². The minimum Gasteiger partial charge on any atom is -0.867 e. The molecule has 15 nitrogen and oxygen atoms in total. The predicted octanol–water partition coefficient (Wildman–Crippen LogP) is -0.394. The zero-order valence-corrected chi connectivity index (χ0v) is 19.1. The number of phenols is 6. The van der Waals surface area contributed by atoms with Gasteiger partial charge >= 0.3 is 35.3 Å². The molecule has 195 valence electrons. The number of carbonyl (C=O) groups is 3. The third kappa shape index (κ3) is 8.51. The van der Waals surface area contributed by atoms with E-state index in [1.165, 1.54) is 0 Å². The molecule has 0 fully saturated rings. The SMILES string of the molecule is O=C(O)c1cc(O)c([O-])c(O)c1.O=C(O)c1cc(O)c([O-])c(O)c1.O=C(O)c1cc(O)c([O-])c(O)c1.[Cr+3]. The fourth-order valence-corrected chi connectivity index (χ4v) is 2.17. The molecule has 3 rings (SSSR count). The fourth-order valence-electron chi connectivity index (χ4n) is 2.17. The molecule has 16 heteroatoms. The number of phenolic OH excluding ortho intramolecular Hbond substituents is 6. The summed E-state index contributed by atoms with van der Waals surface area (Å²) in [7, 11) is 0. The van der Waals surface area contributed by atoms with E-state index in [1.807, 2.05) is 0 Å². The molecule has 0 aliphatic carbocycles. The predicted molar refractivity (Wildman–Crippen MR) is 109 cm³/mol. The van der Waals surface area contributed by atoms with Gasteiger partial charge in [-0.05, 0) is 53.6 Å². The second-order valence-corrected chi connectivity index (χ2v) is 6.45.